The molecule has 0 saturated heterocycles. The van der Waals surface area contributed by atoms with Crippen molar-refractivity contribution in [1.29, 1.82) is 0 Å². The minimum Gasteiger partial charge on any atom is -0.494 e. The summed E-state index contributed by atoms with van der Waals surface area (Å²) in [6.45, 7) is 2.49. The van der Waals surface area contributed by atoms with Crippen LogP contribution in [-0.2, 0) is 11.2 Å². The molecule has 28 heavy (non-hydrogen) atoms. The summed E-state index contributed by atoms with van der Waals surface area (Å²) in [5, 5.41) is 20.9. The summed E-state index contributed by atoms with van der Waals surface area (Å²) in [4.78, 5) is 24.9. The van der Waals surface area contributed by atoms with E-state index in [1.807, 2.05) is 48.7 Å². The highest BCUT2D eigenvalue weighted by Gasteiger charge is 2.20. The van der Waals surface area contributed by atoms with E-state index in [-0.39, 0.29) is 12.2 Å². The van der Waals surface area contributed by atoms with E-state index in [1.54, 1.807) is 6.07 Å². The number of amides is 1. The highest BCUT2D eigenvalue weighted by atomic mass is 32.1. The number of aliphatic carboxylic acids is 1. The lowest BCUT2D eigenvalue weighted by Crippen LogP contribution is -2.34. The van der Waals surface area contributed by atoms with Crippen LogP contribution in [0.25, 0.3) is 10.6 Å². The number of hydrogen-bond acceptors (Lipinski definition) is 5. The minimum absolute atomic E-state index is 0.0164. The number of carbonyl (C=O) groups is 2. The molecule has 1 atom stereocenters. The fourth-order valence-electron chi connectivity index (χ4n) is 2.72. The van der Waals surface area contributed by atoms with E-state index in [4.69, 9.17) is 4.74 Å². The van der Waals surface area contributed by atoms with Gasteiger partial charge in [-0.15, -0.1) is 11.3 Å². The van der Waals surface area contributed by atoms with Gasteiger partial charge in [-0.1, -0.05) is 18.2 Å². The third-order valence-corrected chi connectivity index (χ3v) is 5.07. The van der Waals surface area contributed by atoms with Crippen molar-refractivity contribution < 1.29 is 19.4 Å². The van der Waals surface area contributed by atoms with Gasteiger partial charge in [0.1, 0.15) is 5.75 Å². The first kappa shape index (κ1) is 19.6. The second kappa shape index (κ2) is 9.18. The fourth-order valence-corrected chi connectivity index (χ4v) is 3.41. The maximum Gasteiger partial charge on any atom is 0.308 e. The molecule has 0 aliphatic rings. The molecule has 0 spiro atoms. The van der Waals surface area contributed by atoms with Crippen LogP contribution in [0.5, 0.6) is 5.75 Å². The number of nitrogens with zero attached hydrogens (tertiary/aromatic N) is 1. The maximum atomic E-state index is 12.3. The van der Waals surface area contributed by atoms with Crippen LogP contribution in [0.2, 0.25) is 0 Å². The summed E-state index contributed by atoms with van der Waals surface area (Å²) < 4.78 is 5.39. The molecule has 146 valence electrons. The number of aromatic amines is 1. The number of hydrogen-bond donors (Lipinski definition) is 3. The summed E-state index contributed by atoms with van der Waals surface area (Å²) in [5.41, 5.74) is 1.85. The molecule has 0 saturated carbocycles. The molecule has 2 aromatic heterocycles. The zero-order valence-corrected chi connectivity index (χ0v) is 16.2. The molecule has 0 bridgehead atoms. The first-order valence-corrected chi connectivity index (χ1v) is 9.76. The highest BCUT2D eigenvalue weighted by Crippen LogP contribution is 2.23. The van der Waals surface area contributed by atoms with E-state index in [2.05, 4.69) is 15.5 Å². The maximum absolute atomic E-state index is 12.3. The Hall–Kier alpha value is -3.13. The van der Waals surface area contributed by atoms with E-state index in [0.29, 0.717) is 13.0 Å². The van der Waals surface area contributed by atoms with Crippen molar-refractivity contribution in [3.8, 4) is 16.3 Å². The van der Waals surface area contributed by atoms with E-state index >= 15 is 0 Å². The molecule has 1 aromatic carbocycles. The molecule has 0 aliphatic carbocycles. The lowest BCUT2D eigenvalue weighted by atomic mass is 9.99. The van der Waals surface area contributed by atoms with Crippen molar-refractivity contribution in [2.45, 2.75) is 13.3 Å². The molecule has 7 nitrogen and oxygen atoms in total. The molecular weight excluding hydrogens is 378 g/mol. The van der Waals surface area contributed by atoms with Gasteiger partial charge in [-0.25, -0.2) is 0 Å². The normalized spacial score (nSPS) is 11.8. The number of carboxylic acid groups (broad SMARTS) is 1. The van der Waals surface area contributed by atoms with Crippen LogP contribution >= 0.6 is 11.3 Å². The van der Waals surface area contributed by atoms with Gasteiger partial charge < -0.3 is 15.2 Å². The highest BCUT2D eigenvalue weighted by molar-refractivity contribution is 7.13. The molecule has 0 fully saturated rings. The van der Waals surface area contributed by atoms with Gasteiger partial charge in [0.15, 0.2) is 5.69 Å². The van der Waals surface area contributed by atoms with Gasteiger partial charge in [-0.2, -0.15) is 5.10 Å². The van der Waals surface area contributed by atoms with Gasteiger partial charge in [0, 0.05) is 6.54 Å². The van der Waals surface area contributed by atoms with E-state index in [1.165, 1.54) is 11.3 Å². The van der Waals surface area contributed by atoms with Crippen LogP contribution in [0.3, 0.4) is 0 Å². The van der Waals surface area contributed by atoms with Crippen molar-refractivity contribution in [3.05, 3.63) is 59.1 Å². The smallest absolute Gasteiger partial charge is 0.308 e. The molecule has 3 N–H and O–H groups in total. The Morgan fingerprint density at radius 3 is 2.71 bits per heavy atom. The van der Waals surface area contributed by atoms with Crippen LogP contribution in [0.15, 0.2) is 47.8 Å². The van der Waals surface area contributed by atoms with Crippen molar-refractivity contribution >= 4 is 23.2 Å². The van der Waals surface area contributed by atoms with Gasteiger partial charge in [-0.3, -0.25) is 14.7 Å². The number of aromatic nitrogens is 2. The summed E-state index contributed by atoms with van der Waals surface area (Å²) >= 11 is 1.54. The average Bonchev–Trinajstić information content (AvgIpc) is 3.37. The third-order valence-electron chi connectivity index (χ3n) is 4.17. The summed E-state index contributed by atoms with van der Waals surface area (Å²) in [6, 6.07) is 12.8. The first-order valence-electron chi connectivity index (χ1n) is 8.89. The lowest BCUT2D eigenvalue weighted by molar-refractivity contribution is -0.141. The Balaban J connectivity index is 1.58. The number of carbonyl (C=O) groups excluding carboxylic acids is 1. The summed E-state index contributed by atoms with van der Waals surface area (Å²) in [7, 11) is 0. The fraction of sp³-hybridized carbons (Fsp3) is 0.250. The first-order chi connectivity index (χ1) is 13.6. The Bertz CT molecular complexity index is 919. The summed E-state index contributed by atoms with van der Waals surface area (Å²) in [5.74, 6) is -1.36. The molecule has 8 heteroatoms. The Labute approximate surface area is 166 Å². The van der Waals surface area contributed by atoms with Gasteiger partial charge in [0.2, 0.25) is 0 Å². The van der Waals surface area contributed by atoms with Gasteiger partial charge >= 0.3 is 5.97 Å². The monoisotopic (exact) mass is 399 g/mol. The standard InChI is InChI=1S/C20H21N3O4S/c1-2-27-15-7-5-13(6-8-15)10-14(20(25)26)12-21-19(24)17-11-16(22-23-17)18-4-3-9-28-18/h3-9,11,14H,2,10,12H2,1H3,(H,21,24)(H,22,23)(H,25,26). The van der Waals surface area contributed by atoms with Crippen molar-refractivity contribution in [3.63, 3.8) is 0 Å². The van der Waals surface area contributed by atoms with Crippen molar-refractivity contribution in [1.82, 2.24) is 15.5 Å². The number of nitrogens with one attached hydrogen (secondary N) is 2. The van der Waals surface area contributed by atoms with Crippen LogP contribution in [0.4, 0.5) is 0 Å². The topological polar surface area (TPSA) is 104 Å². The number of rotatable bonds is 9. The summed E-state index contributed by atoms with van der Waals surface area (Å²) in [6.07, 6.45) is 0.309. The average molecular weight is 399 g/mol. The number of H-pyrrole nitrogens is 1. The van der Waals surface area contributed by atoms with Crippen LogP contribution < -0.4 is 10.1 Å². The van der Waals surface area contributed by atoms with Gasteiger partial charge in [-0.05, 0) is 48.6 Å². The Morgan fingerprint density at radius 2 is 2.07 bits per heavy atom. The van der Waals surface area contributed by atoms with Gasteiger partial charge in [0.05, 0.1) is 23.1 Å². The molecule has 3 rings (SSSR count). The number of thiophene rings is 1. The van der Waals surface area contributed by atoms with Crippen LogP contribution in [-0.4, -0.2) is 40.3 Å². The molecule has 0 radical (unpaired) electrons. The molecule has 1 unspecified atom stereocenters. The third kappa shape index (κ3) is 4.98. The lowest BCUT2D eigenvalue weighted by Gasteiger charge is -2.13. The molecule has 1 amide bonds. The van der Waals surface area contributed by atoms with E-state index in [9.17, 15) is 14.7 Å². The second-order valence-corrected chi connectivity index (χ2v) is 7.12. The van der Waals surface area contributed by atoms with Crippen LogP contribution in [0.1, 0.15) is 23.0 Å². The molecule has 3 aromatic rings. The largest absolute Gasteiger partial charge is 0.494 e. The molecular formula is C20H21N3O4S. The predicted octanol–water partition coefficient (Wildman–Crippen LogP) is 3.21. The van der Waals surface area contributed by atoms with E-state index < -0.39 is 17.8 Å². The minimum atomic E-state index is -0.963. The zero-order chi connectivity index (χ0) is 19.9. The SMILES string of the molecule is CCOc1ccc(CC(CNC(=O)c2cc(-c3cccs3)[nH]n2)C(=O)O)cc1. The van der Waals surface area contributed by atoms with Gasteiger partial charge in [0.25, 0.3) is 5.91 Å². The van der Waals surface area contributed by atoms with E-state index in [0.717, 1.165) is 21.9 Å². The molecule has 0 aliphatic heterocycles. The quantitative estimate of drug-likeness (QED) is 0.512. The number of carboxylic acids is 1. The predicted molar refractivity (Wildman–Crippen MR) is 107 cm³/mol. The Morgan fingerprint density at radius 1 is 1.29 bits per heavy atom. The number of ether oxygens (including phenoxy) is 1. The van der Waals surface area contributed by atoms with Crippen molar-refractivity contribution in [2.75, 3.05) is 13.2 Å². The zero-order valence-electron chi connectivity index (χ0n) is 15.3. The van der Waals surface area contributed by atoms with Crippen LogP contribution in [0, 0.1) is 5.92 Å². The molecule has 2 heterocycles. The number of benzene rings is 1. The second-order valence-electron chi connectivity index (χ2n) is 6.17. The van der Waals surface area contributed by atoms with Crippen molar-refractivity contribution in [2.24, 2.45) is 5.92 Å². The Kier molecular flexibility index (Phi) is 6.44.